The first-order chi connectivity index (χ1) is 6.15. The van der Waals surface area contributed by atoms with Gasteiger partial charge in [0.25, 0.3) is 0 Å². The van der Waals surface area contributed by atoms with E-state index in [1.807, 2.05) is 19.4 Å². The summed E-state index contributed by atoms with van der Waals surface area (Å²) in [7, 11) is 0. The molecule has 1 unspecified atom stereocenters. The van der Waals surface area contributed by atoms with E-state index in [1.165, 1.54) is 6.42 Å². The lowest BCUT2D eigenvalue weighted by atomic mass is 10.1. The van der Waals surface area contributed by atoms with E-state index in [1.54, 1.807) is 0 Å². The van der Waals surface area contributed by atoms with Crippen molar-refractivity contribution in [3.8, 4) is 0 Å². The second-order valence-corrected chi connectivity index (χ2v) is 3.77. The number of imidazole rings is 1. The number of aromatic nitrogens is 2. The van der Waals surface area contributed by atoms with Gasteiger partial charge < -0.3 is 10.3 Å². The largest absolute Gasteiger partial charge is 0.333 e. The van der Waals surface area contributed by atoms with E-state index in [0.717, 1.165) is 12.2 Å². The van der Waals surface area contributed by atoms with Gasteiger partial charge in [-0.05, 0) is 12.8 Å². The molecule has 13 heavy (non-hydrogen) atoms. The van der Waals surface area contributed by atoms with Crippen molar-refractivity contribution in [2.45, 2.75) is 39.8 Å². The maximum atomic E-state index is 5.82. The van der Waals surface area contributed by atoms with Crippen LogP contribution >= 0.6 is 0 Å². The Morgan fingerprint density at radius 3 is 2.77 bits per heavy atom. The molecule has 0 spiro atoms. The summed E-state index contributed by atoms with van der Waals surface area (Å²) in [6.07, 6.45) is 4.91. The van der Waals surface area contributed by atoms with Gasteiger partial charge in [0.15, 0.2) is 0 Å². The average molecular weight is 181 g/mol. The second kappa shape index (κ2) is 4.42. The molecule has 0 fully saturated rings. The third-order valence-electron chi connectivity index (χ3n) is 2.42. The zero-order valence-electron chi connectivity index (χ0n) is 8.70. The second-order valence-electron chi connectivity index (χ2n) is 3.77. The first-order valence-electron chi connectivity index (χ1n) is 4.90. The van der Waals surface area contributed by atoms with Gasteiger partial charge >= 0.3 is 0 Å². The van der Waals surface area contributed by atoms with Crippen LogP contribution in [-0.4, -0.2) is 9.55 Å². The zero-order chi connectivity index (χ0) is 9.84. The number of hydrogen-bond donors (Lipinski definition) is 1. The molecule has 0 aromatic carbocycles. The van der Waals surface area contributed by atoms with Crippen molar-refractivity contribution in [1.82, 2.24) is 9.55 Å². The normalized spacial score (nSPS) is 15.7. The maximum absolute atomic E-state index is 5.82. The molecule has 0 amide bonds. The van der Waals surface area contributed by atoms with E-state index in [4.69, 9.17) is 5.73 Å². The Bertz CT molecular complexity index is 252. The van der Waals surface area contributed by atoms with Crippen LogP contribution in [-0.2, 0) is 6.54 Å². The van der Waals surface area contributed by atoms with Gasteiger partial charge in [0.1, 0.15) is 0 Å². The van der Waals surface area contributed by atoms with E-state index in [0.29, 0.717) is 5.92 Å². The van der Waals surface area contributed by atoms with Crippen molar-refractivity contribution in [2.24, 2.45) is 11.7 Å². The van der Waals surface area contributed by atoms with Crippen LogP contribution in [0.1, 0.15) is 38.9 Å². The summed E-state index contributed by atoms with van der Waals surface area (Å²) in [5.41, 5.74) is 6.94. The van der Waals surface area contributed by atoms with Crippen LogP contribution in [0.5, 0.6) is 0 Å². The van der Waals surface area contributed by atoms with Crippen molar-refractivity contribution in [3.63, 3.8) is 0 Å². The van der Waals surface area contributed by atoms with E-state index in [-0.39, 0.29) is 6.04 Å². The molecule has 0 aliphatic carbocycles. The van der Waals surface area contributed by atoms with Crippen molar-refractivity contribution >= 4 is 0 Å². The molecule has 0 saturated carbocycles. The molecule has 1 heterocycles. The first kappa shape index (κ1) is 10.3. The molecule has 2 N–H and O–H groups in total. The summed E-state index contributed by atoms with van der Waals surface area (Å²) in [5.74, 6) is 0.687. The van der Waals surface area contributed by atoms with Crippen LogP contribution in [0, 0.1) is 5.92 Å². The minimum absolute atomic E-state index is 0.0755. The molecule has 3 heteroatoms. The fourth-order valence-corrected chi connectivity index (χ4v) is 1.33. The predicted molar refractivity (Wildman–Crippen MR) is 54.3 cm³/mol. The average Bonchev–Trinajstić information content (AvgIpc) is 2.52. The Balaban J connectivity index is 2.70. The first-order valence-corrected chi connectivity index (χ1v) is 4.90. The van der Waals surface area contributed by atoms with E-state index >= 15 is 0 Å². The van der Waals surface area contributed by atoms with E-state index in [9.17, 15) is 0 Å². The Morgan fingerprint density at radius 1 is 1.54 bits per heavy atom. The topological polar surface area (TPSA) is 43.8 Å². The summed E-state index contributed by atoms with van der Waals surface area (Å²) in [5, 5.41) is 0. The van der Waals surface area contributed by atoms with Crippen molar-refractivity contribution in [1.29, 1.82) is 0 Å². The van der Waals surface area contributed by atoms with Crippen LogP contribution in [0.4, 0.5) is 0 Å². The minimum atomic E-state index is 0.0755. The highest BCUT2D eigenvalue weighted by molar-refractivity contribution is 5.03. The Morgan fingerprint density at radius 2 is 2.23 bits per heavy atom. The lowest BCUT2D eigenvalue weighted by Crippen LogP contribution is -2.14. The summed E-state index contributed by atoms with van der Waals surface area (Å²) in [6.45, 7) is 7.45. The van der Waals surface area contributed by atoms with Gasteiger partial charge in [-0.2, -0.15) is 0 Å². The molecule has 0 saturated heterocycles. The van der Waals surface area contributed by atoms with E-state index in [2.05, 4.69) is 23.4 Å². The van der Waals surface area contributed by atoms with Gasteiger partial charge in [0.2, 0.25) is 0 Å². The molecule has 74 valence electrons. The number of nitrogens with two attached hydrogens (primary N) is 1. The van der Waals surface area contributed by atoms with Gasteiger partial charge in [-0.25, -0.2) is 4.98 Å². The monoisotopic (exact) mass is 181 g/mol. The molecule has 0 bridgehead atoms. The highest BCUT2D eigenvalue weighted by Gasteiger charge is 2.08. The van der Waals surface area contributed by atoms with Crippen LogP contribution in [0.25, 0.3) is 0 Å². The number of hydrogen-bond acceptors (Lipinski definition) is 2. The number of rotatable bonds is 4. The fraction of sp³-hybridized carbons (Fsp3) is 0.700. The molecule has 2 atom stereocenters. The Hall–Kier alpha value is -0.830. The Labute approximate surface area is 80.0 Å². The van der Waals surface area contributed by atoms with Crippen LogP contribution in [0.15, 0.2) is 12.5 Å². The molecule has 1 aromatic rings. The smallest absolute Gasteiger partial charge is 0.0948 e. The summed E-state index contributed by atoms with van der Waals surface area (Å²) in [4.78, 5) is 4.11. The Kier molecular flexibility index (Phi) is 3.48. The molecule has 0 aliphatic rings. The third kappa shape index (κ3) is 2.56. The highest BCUT2D eigenvalue weighted by Crippen LogP contribution is 2.12. The molecular formula is C10H19N3. The lowest BCUT2D eigenvalue weighted by molar-refractivity contribution is 0.453. The van der Waals surface area contributed by atoms with Gasteiger partial charge in [0, 0.05) is 18.8 Å². The minimum Gasteiger partial charge on any atom is -0.333 e. The van der Waals surface area contributed by atoms with Crippen molar-refractivity contribution in [3.05, 3.63) is 18.2 Å². The SMILES string of the molecule is CCC(C)Cn1cncc1[C@H](C)N. The summed E-state index contributed by atoms with van der Waals surface area (Å²) < 4.78 is 2.15. The number of nitrogens with zero attached hydrogens (tertiary/aromatic N) is 2. The van der Waals surface area contributed by atoms with Gasteiger partial charge in [-0.1, -0.05) is 20.3 Å². The van der Waals surface area contributed by atoms with Gasteiger partial charge in [-0.15, -0.1) is 0 Å². The molecule has 0 aliphatic heterocycles. The molecule has 1 aromatic heterocycles. The van der Waals surface area contributed by atoms with Crippen molar-refractivity contribution < 1.29 is 0 Å². The summed E-state index contributed by atoms with van der Waals surface area (Å²) >= 11 is 0. The highest BCUT2D eigenvalue weighted by atomic mass is 15.1. The van der Waals surface area contributed by atoms with E-state index < -0.39 is 0 Å². The predicted octanol–water partition coefficient (Wildman–Crippen LogP) is 1.95. The third-order valence-corrected chi connectivity index (χ3v) is 2.42. The van der Waals surface area contributed by atoms with Gasteiger partial charge in [0.05, 0.1) is 12.0 Å². The zero-order valence-corrected chi connectivity index (χ0v) is 8.70. The van der Waals surface area contributed by atoms with Crippen LogP contribution in [0.2, 0.25) is 0 Å². The van der Waals surface area contributed by atoms with Gasteiger partial charge in [-0.3, -0.25) is 0 Å². The molecule has 3 nitrogen and oxygen atoms in total. The van der Waals surface area contributed by atoms with Crippen molar-refractivity contribution in [2.75, 3.05) is 0 Å². The maximum Gasteiger partial charge on any atom is 0.0948 e. The lowest BCUT2D eigenvalue weighted by Gasteiger charge is -2.14. The quantitative estimate of drug-likeness (QED) is 0.771. The standard InChI is InChI=1S/C10H19N3/c1-4-8(2)6-13-7-12-5-10(13)9(3)11/h5,7-9H,4,6,11H2,1-3H3/t8?,9-/m0/s1. The fourth-order valence-electron chi connectivity index (χ4n) is 1.33. The van der Waals surface area contributed by atoms with Crippen LogP contribution in [0.3, 0.4) is 0 Å². The summed E-state index contributed by atoms with van der Waals surface area (Å²) in [6, 6.07) is 0.0755. The molecule has 0 radical (unpaired) electrons. The molecular weight excluding hydrogens is 162 g/mol. The van der Waals surface area contributed by atoms with Crippen LogP contribution < -0.4 is 5.73 Å². The molecule has 1 rings (SSSR count).